The highest BCUT2D eigenvalue weighted by atomic mass is 19.2. The summed E-state index contributed by atoms with van der Waals surface area (Å²) in [5.74, 6) is 6.41. The average Bonchev–Trinajstić information content (AvgIpc) is 3.17. The van der Waals surface area contributed by atoms with Gasteiger partial charge in [0, 0.05) is 17.1 Å². The van der Waals surface area contributed by atoms with E-state index in [1.54, 1.807) is 24.3 Å². The molecular weight excluding hydrogens is 380 g/mol. The molecule has 0 radical (unpaired) electrons. The van der Waals surface area contributed by atoms with Crippen LogP contribution in [0.2, 0.25) is 0 Å². The number of nitrogens with zero attached hydrogens (tertiary/aromatic N) is 4. The summed E-state index contributed by atoms with van der Waals surface area (Å²) in [6.45, 7) is 4.02. The first kappa shape index (κ1) is 18.7. The van der Waals surface area contributed by atoms with Gasteiger partial charge in [0.1, 0.15) is 5.82 Å². The predicted octanol–water partition coefficient (Wildman–Crippen LogP) is 4.29. The Morgan fingerprint density at radius 1 is 1.07 bits per heavy atom. The van der Waals surface area contributed by atoms with Crippen molar-refractivity contribution < 1.29 is 8.63 Å². The van der Waals surface area contributed by atoms with E-state index >= 15 is 0 Å². The standard InChI is InChI=1S/C22H18B2F2N4/c1-3-15-9-11-18(27-15)21(20-12-10-16(4-2)29(20)23-13-14-23)22-28-17-7-5-6-8-19(17)30(22)24(25)26/h5-12H,3-4H2,1-2H3/b21-18-. The van der Waals surface area contributed by atoms with Gasteiger partial charge < -0.3 is 8.96 Å². The van der Waals surface area contributed by atoms with Crippen LogP contribution in [-0.4, -0.2) is 33.9 Å². The van der Waals surface area contributed by atoms with Gasteiger partial charge in [0.25, 0.3) is 0 Å². The zero-order valence-corrected chi connectivity index (χ0v) is 16.7. The monoisotopic (exact) mass is 398 g/mol. The van der Waals surface area contributed by atoms with Gasteiger partial charge in [-0.15, -0.1) is 11.6 Å². The molecule has 0 spiro atoms. The van der Waals surface area contributed by atoms with Gasteiger partial charge in [-0.2, -0.15) is 0 Å². The molecule has 0 fully saturated rings. The second kappa shape index (κ2) is 7.17. The number of aliphatic imine (C=N–C) groups is 1. The van der Waals surface area contributed by atoms with Crippen molar-refractivity contribution in [3.63, 3.8) is 0 Å². The molecule has 0 saturated carbocycles. The largest absolute Gasteiger partial charge is 0.679 e. The smallest absolute Gasteiger partial charge is 0.366 e. The molecular formula is C22H18B2F2N4. The van der Waals surface area contributed by atoms with E-state index in [1.165, 1.54) is 0 Å². The first-order valence-electron chi connectivity index (χ1n) is 10.1. The molecule has 0 atom stereocenters. The van der Waals surface area contributed by atoms with Crippen molar-refractivity contribution in [2.45, 2.75) is 26.7 Å². The maximum Gasteiger partial charge on any atom is 0.679 e. The second-order valence-corrected chi connectivity index (χ2v) is 7.25. The lowest BCUT2D eigenvalue weighted by atomic mass is 9.79. The van der Waals surface area contributed by atoms with Gasteiger partial charge in [0.05, 0.1) is 22.3 Å². The van der Waals surface area contributed by atoms with Gasteiger partial charge in [-0.05, 0) is 49.3 Å². The number of hydrogen-bond acceptors (Lipinski definition) is 2. The zero-order chi connectivity index (χ0) is 20.8. The van der Waals surface area contributed by atoms with E-state index in [0.717, 1.165) is 34.4 Å². The Balaban J connectivity index is 1.83. The first-order chi connectivity index (χ1) is 14.6. The van der Waals surface area contributed by atoms with E-state index in [1.807, 2.05) is 31.2 Å². The maximum absolute atomic E-state index is 14.3. The average molecular weight is 398 g/mol. The molecule has 0 N–H and O–H groups in total. The number of rotatable bonds is 6. The van der Waals surface area contributed by atoms with Gasteiger partial charge in [-0.1, -0.05) is 26.0 Å². The normalized spacial score (nSPS) is 16.0. The quantitative estimate of drug-likeness (QED) is 0.451. The van der Waals surface area contributed by atoms with E-state index in [-0.39, 0.29) is 12.7 Å². The van der Waals surface area contributed by atoms with Crippen molar-refractivity contribution >= 4 is 36.6 Å². The van der Waals surface area contributed by atoms with E-state index in [2.05, 4.69) is 28.0 Å². The van der Waals surface area contributed by atoms with Crippen LogP contribution >= 0.6 is 0 Å². The third-order valence-corrected chi connectivity index (χ3v) is 5.48. The number of imidazole rings is 1. The van der Waals surface area contributed by atoms with Crippen LogP contribution in [0.5, 0.6) is 0 Å². The maximum atomic E-state index is 14.3. The molecule has 4 heterocycles. The Bertz CT molecular complexity index is 1310. The highest BCUT2D eigenvalue weighted by Gasteiger charge is 2.33. The Morgan fingerprint density at radius 3 is 2.53 bits per heavy atom. The van der Waals surface area contributed by atoms with E-state index in [0.29, 0.717) is 22.3 Å². The predicted molar refractivity (Wildman–Crippen MR) is 119 cm³/mol. The van der Waals surface area contributed by atoms with Gasteiger partial charge in [-0.25, -0.2) is 4.98 Å². The molecule has 2 aliphatic heterocycles. The zero-order valence-electron chi connectivity index (χ0n) is 16.7. The third kappa shape index (κ3) is 2.93. The van der Waals surface area contributed by atoms with Crippen molar-refractivity contribution in [1.82, 2.24) is 13.9 Å². The number of halogens is 2. The SMILES string of the molecule is CCC1=N/C(=C(/c2ccc(CC)n2B2C#C2)c2nc3ccccc3n2B(F)F)C=C1. The fourth-order valence-corrected chi connectivity index (χ4v) is 3.97. The molecule has 0 amide bonds. The number of aromatic nitrogens is 3. The third-order valence-electron chi connectivity index (χ3n) is 5.48. The van der Waals surface area contributed by atoms with E-state index in [9.17, 15) is 8.63 Å². The van der Waals surface area contributed by atoms with Crippen molar-refractivity contribution in [2.75, 3.05) is 0 Å². The Kier molecular flexibility index (Phi) is 4.47. The van der Waals surface area contributed by atoms with Crippen LogP contribution in [0.25, 0.3) is 16.6 Å². The summed E-state index contributed by atoms with van der Waals surface area (Å²) in [5, 5.41) is 0. The van der Waals surface area contributed by atoms with Gasteiger partial charge in [0.2, 0.25) is 0 Å². The van der Waals surface area contributed by atoms with Crippen LogP contribution in [0.15, 0.2) is 59.2 Å². The van der Waals surface area contributed by atoms with Crippen LogP contribution < -0.4 is 0 Å². The Morgan fingerprint density at radius 2 is 1.87 bits per heavy atom. The van der Waals surface area contributed by atoms with Crippen LogP contribution in [0, 0.1) is 11.6 Å². The fourth-order valence-electron chi connectivity index (χ4n) is 3.97. The number of fused-ring (bicyclic) bond motifs is 1. The molecule has 146 valence electrons. The molecule has 0 saturated heterocycles. The molecule has 2 aliphatic rings. The van der Waals surface area contributed by atoms with Gasteiger partial charge in [-0.3, -0.25) is 13.6 Å². The van der Waals surface area contributed by atoms with Crippen LogP contribution in [0.4, 0.5) is 8.63 Å². The summed E-state index contributed by atoms with van der Waals surface area (Å²) in [7, 11) is -2.73. The lowest BCUT2D eigenvalue weighted by Crippen LogP contribution is -2.21. The molecule has 0 aliphatic carbocycles. The highest BCUT2D eigenvalue weighted by Crippen LogP contribution is 2.34. The minimum absolute atomic E-state index is 0.0788. The fraction of sp³-hybridized carbons (Fsp3) is 0.182. The topological polar surface area (TPSA) is 35.1 Å². The summed E-state index contributed by atoms with van der Waals surface area (Å²) in [6, 6.07) is 11.0. The van der Waals surface area contributed by atoms with Crippen LogP contribution in [0.3, 0.4) is 0 Å². The second-order valence-electron chi connectivity index (χ2n) is 7.25. The van der Waals surface area contributed by atoms with Crippen molar-refractivity contribution in [3.8, 4) is 11.6 Å². The molecule has 4 nitrogen and oxygen atoms in total. The summed E-state index contributed by atoms with van der Waals surface area (Å²) >= 11 is 0. The lowest BCUT2D eigenvalue weighted by Gasteiger charge is -2.15. The number of allylic oxidation sites excluding steroid dienone is 2. The molecule has 3 aromatic rings. The number of benzene rings is 1. The number of hydrogen-bond donors (Lipinski definition) is 0. The minimum Gasteiger partial charge on any atom is -0.366 e. The summed E-state index contributed by atoms with van der Waals surface area (Å²) in [5.41, 5.74) is 4.98. The summed E-state index contributed by atoms with van der Waals surface area (Å²) < 4.78 is 31.6. The molecule has 2 aromatic heterocycles. The highest BCUT2D eigenvalue weighted by molar-refractivity contribution is 6.84. The number of aryl methyl sites for hydroxylation is 1. The lowest BCUT2D eigenvalue weighted by molar-refractivity contribution is 0.631. The molecule has 1 aromatic carbocycles. The van der Waals surface area contributed by atoms with E-state index in [4.69, 9.17) is 4.99 Å². The summed E-state index contributed by atoms with van der Waals surface area (Å²) in [4.78, 5) is 9.35. The van der Waals surface area contributed by atoms with Crippen molar-refractivity contribution in [2.24, 2.45) is 4.99 Å². The minimum atomic E-state index is -2.73. The number of para-hydroxylation sites is 2. The van der Waals surface area contributed by atoms with Crippen molar-refractivity contribution in [3.05, 3.63) is 71.5 Å². The molecule has 5 rings (SSSR count). The molecule has 8 heteroatoms. The van der Waals surface area contributed by atoms with E-state index < -0.39 is 7.40 Å². The van der Waals surface area contributed by atoms with Crippen LogP contribution in [-0.2, 0) is 6.42 Å². The van der Waals surface area contributed by atoms with Crippen molar-refractivity contribution in [1.29, 1.82) is 0 Å². The van der Waals surface area contributed by atoms with Gasteiger partial charge >= 0.3 is 14.2 Å². The molecule has 0 unspecified atom stereocenters. The molecule has 0 bridgehead atoms. The van der Waals surface area contributed by atoms with Crippen LogP contribution in [0.1, 0.15) is 37.5 Å². The summed E-state index contributed by atoms with van der Waals surface area (Å²) in [6.07, 6.45) is 5.41. The molecule has 30 heavy (non-hydrogen) atoms. The first-order valence-corrected chi connectivity index (χ1v) is 10.1. The Labute approximate surface area is 174 Å². The van der Waals surface area contributed by atoms with Gasteiger partial charge in [0.15, 0.2) is 0 Å². The Hall–Kier alpha value is -3.33.